The standard InChI is InChI=1S/C84H72N14O8S2/c1-103-75-31-25-63(47-71(75)93-79(85)86)83(64-26-32-76(104-2)72(48-64)94-80(87)88,61-15-9-17-67(45-61)97-107(99,100)69-29-23-57-39-53-11-5-7-13-55(53)41-59(57)43-69)37-35-51-19-21-52(22-20-51)36-38-84(65-27-33-77(105-3)73(49-65)95-81(89)90,66-28-34-78(106-4)74(50-66)96-82(91)92)62-16-10-18-68(46-62)98-108(101,102)70-30-24-58-40-54-12-6-8-14-56(54)42-60(58)44-70/h5-34,39-50,97-98H,1-4H3,(H4,85,86,93)(H4,87,88,94)(H4,89,90,95)(H4,91,92,96). The summed E-state index contributed by atoms with van der Waals surface area (Å²) in [7, 11) is -2.63. The normalized spacial score (nSPS) is 12.3. The monoisotopic (exact) mass is 1470 g/mol. The van der Waals surface area contributed by atoms with Crippen molar-refractivity contribution >= 4 is 121 Å². The Kier molecular flexibility index (Phi) is 20.0. The molecule has 13 rings (SSSR count). The Morgan fingerprint density at radius 1 is 0.315 bits per heavy atom. The SMILES string of the molecule is COc1ccc(C(C#Cc2ccc(C#CC(c3cccc(NS(=O)(=O)c4ccc5cc6ccccc6cc5c4)c3)(c3ccc(OC)c(NC(=N)N)c3)c3ccc(OC)c(NC(=N)N)c3)cc2)(c2cccc(NS(=O)(=O)c3ccc4cc5ccccc5cc4c3)c2)c2ccc(OC)c(NC(=N)N)c2)cc1NC(=N)N. The van der Waals surface area contributed by atoms with E-state index in [0.29, 0.717) is 90.3 Å². The van der Waals surface area contributed by atoms with Crippen LogP contribution in [-0.2, 0) is 30.9 Å². The minimum atomic E-state index is -4.27. The van der Waals surface area contributed by atoms with Crippen molar-refractivity contribution < 1.29 is 35.8 Å². The van der Waals surface area contributed by atoms with Crippen molar-refractivity contribution in [2.75, 3.05) is 59.2 Å². The molecule has 0 aromatic heterocycles. The molecule has 0 aliphatic carbocycles. The predicted octanol–water partition coefficient (Wildman–Crippen LogP) is 13.9. The molecular formula is C84H72N14O8S2. The molecule has 0 radical (unpaired) electrons. The third kappa shape index (κ3) is 14.8. The van der Waals surface area contributed by atoms with E-state index in [-0.39, 0.29) is 21.2 Å². The van der Waals surface area contributed by atoms with Gasteiger partial charge in [-0.2, -0.15) is 0 Å². The molecular weight excluding hydrogens is 1400 g/mol. The average Bonchev–Trinajstić information content (AvgIpc) is 0.741. The van der Waals surface area contributed by atoms with Crippen LogP contribution in [0.3, 0.4) is 0 Å². The minimum Gasteiger partial charge on any atom is -0.495 e. The van der Waals surface area contributed by atoms with E-state index in [1.807, 2.05) is 84.9 Å². The molecule has 0 bridgehead atoms. The summed E-state index contributed by atoms with van der Waals surface area (Å²) in [5, 5.41) is 52.1. The first-order valence-electron chi connectivity index (χ1n) is 33.4. The molecule has 0 unspecified atom stereocenters. The second-order valence-electron chi connectivity index (χ2n) is 25.2. The van der Waals surface area contributed by atoms with Gasteiger partial charge in [0, 0.05) is 22.5 Å². The maximum Gasteiger partial charge on any atom is 0.261 e. The molecule has 0 aliphatic heterocycles. The van der Waals surface area contributed by atoms with Gasteiger partial charge < -0.3 is 63.1 Å². The number of hydrogen-bond acceptors (Lipinski definition) is 12. The lowest BCUT2D eigenvalue weighted by Gasteiger charge is -2.32. The van der Waals surface area contributed by atoms with Crippen LogP contribution in [0.5, 0.6) is 23.0 Å². The van der Waals surface area contributed by atoms with Crippen molar-refractivity contribution in [3.05, 3.63) is 299 Å². The molecule has 0 spiro atoms. The number of anilines is 6. The summed E-state index contributed by atoms with van der Waals surface area (Å²) >= 11 is 0. The third-order valence-electron chi connectivity index (χ3n) is 18.3. The van der Waals surface area contributed by atoms with E-state index in [0.717, 1.165) is 43.1 Å². The van der Waals surface area contributed by atoms with Crippen molar-refractivity contribution in [1.82, 2.24) is 0 Å². The van der Waals surface area contributed by atoms with Crippen LogP contribution in [0.25, 0.3) is 43.1 Å². The maximum atomic E-state index is 14.7. The smallest absolute Gasteiger partial charge is 0.261 e. The summed E-state index contributed by atoms with van der Waals surface area (Å²) in [6.07, 6.45) is 0. The van der Waals surface area contributed by atoms with Crippen LogP contribution in [0.15, 0.2) is 265 Å². The van der Waals surface area contributed by atoms with E-state index >= 15 is 0 Å². The molecule has 0 amide bonds. The molecule has 0 heterocycles. The number of benzene rings is 13. The van der Waals surface area contributed by atoms with Gasteiger partial charge in [-0.05, 0) is 222 Å². The lowest BCUT2D eigenvalue weighted by Crippen LogP contribution is -2.29. The molecule has 0 atom stereocenters. The highest BCUT2D eigenvalue weighted by molar-refractivity contribution is 7.93. The molecule has 24 heteroatoms. The van der Waals surface area contributed by atoms with Crippen LogP contribution in [0.2, 0.25) is 0 Å². The van der Waals surface area contributed by atoms with E-state index < -0.39 is 54.7 Å². The summed E-state index contributed by atoms with van der Waals surface area (Å²) in [5.41, 5.74) is 26.3. The van der Waals surface area contributed by atoms with Crippen LogP contribution in [0.1, 0.15) is 44.5 Å². The molecule has 0 fully saturated rings. The highest BCUT2D eigenvalue weighted by atomic mass is 32.2. The Morgan fingerprint density at radius 3 is 0.880 bits per heavy atom. The highest BCUT2D eigenvalue weighted by Crippen LogP contribution is 2.47. The number of nitrogens with one attached hydrogen (secondary N) is 10. The zero-order valence-corrected chi connectivity index (χ0v) is 60.3. The van der Waals surface area contributed by atoms with Crippen LogP contribution < -0.4 is 72.6 Å². The largest absolute Gasteiger partial charge is 0.495 e. The molecule has 13 aromatic rings. The Balaban J connectivity index is 0.979. The summed E-state index contributed by atoms with van der Waals surface area (Å²) in [5.74, 6) is 13.9. The number of nitrogens with two attached hydrogens (primary N) is 4. The van der Waals surface area contributed by atoms with E-state index in [1.54, 1.807) is 170 Å². The molecule has 13 aromatic carbocycles. The Labute approximate surface area is 623 Å². The number of rotatable bonds is 20. The zero-order chi connectivity index (χ0) is 76.1. The van der Waals surface area contributed by atoms with Gasteiger partial charge in [-0.15, -0.1) is 0 Å². The molecule has 0 saturated heterocycles. The van der Waals surface area contributed by atoms with Gasteiger partial charge >= 0.3 is 0 Å². The first-order valence-corrected chi connectivity index (χ1v) is 36.4. The second kappa shape index (κ2) is 29.9. The van der Waals surface area contributed by atoms with Crippen LogP contribution in [0, 0.1) is 45.3 Å². The third-order valence-corrected chi connectivity index (χ3v) is 21.1. The van der Waals surface area contributed by atoms with Gasteiger partial charge in [-0.1, -0.05) is 133 Å². The summed E-state index contributed by atoms with van der Waals surface area (Å²) in [4.78, 5) is 0.0581. The van der Waals surface area contributed by atoms with Gasteiger partial charge in [0.25, 0.3) is 20.0 Å². The van der Waals surface area contributed by atoms with Gasteiger partial charge in [0.05, 0.1) is 61.0 Å². The predicted molar refractivity (Wildman–Crippen MR) is 431 cm³/mol. The van der Waals surface area contributed by atoms with E-state index in [9.17, 15) is 16.8 Å². The number of guanidine groups is 4. The molecule has 0 saturated carbocycles. The Hall–Kier alpha value is -14.2. The van der Waals surface area contributed by atoms with Crippen molar-refractivity contribution in [1.29, 1.82) is 21.6 Å². The van der Waals surface area contributed by atoms with Crippen LogP contribution in [0.4, 0.5) is 34.1 Å². The van der Waals surface area contributed by atoms with E-state index in [2.05, 4.69) is 54.4 Å². The quantitative estimate of drug-likeness (QED) is 0.0111. The first kappa shape index (κ1) is 72.2. The number of sulfonamides is 2. The van der Waals surface area contributed by atoms with Crippen molar-refractivity contribution in [3.63, 3.8) is 0 Å². The van der Waals surface area contributed by atoms with Crippen molar-refractivity contribution in [2.24, 2.45) is 22.9 Å². The fraction of sp³-hybridized carbons (Fsp3) is 0.0714. The lowest BCUT2D eigenvalue weighted by molar-refractivity contribution is 0.416. The maximum absolute atomic E-state index is 14.7. The zero-order valence-electron chi connectivity index (χ0n) is 58.6. The summed E-state index contributed by atoms with van der Waals surface area (Å²) in [6, 6.07) is 75.3. The number of fused-ring (bicyclic) bond motifs is 4. The molecule has 538 valence electrons. The first-order chi connectivity index (χ1) is 52.0. The van der Waals surface area contributed by atoms with Gasteiger partial charge in [-0.25, -0.2) is 16.8 Å². The van der Waals surface area contributed by atoms with Gasteiger partial charge in [0.2, 0.25) is 0 Å². The fourth-order valence-corrected chi connectivity index (χ4v) is 15.5. The van der Waals surface area contributed by atoms with E-state index in [4.69, 9.17) is 63.5 Å². The fourth-order valence-electron chi connectivity index (χ4n) is 13.4. The average molecular weight is 1470 g/mol. The van der Waals surface area contributed by atoms with Crippen LogP contribution in [-0.4, -0.2) is 69.1 Å². The van der Waals surface area contributed by atoms with Gasteiger partial charge in [0.1, 0.15) is 33.8 Å². The minimum absolute atomic E-state index is 0.0290. The topological polar surface area (TPSA) is 377 Å². The molecule has 22 nitrogen and oxygen atoms in total. The summed E-state index contributed by atoms with van der Waals surface area (Å²) < 4.78 is 87.6. The molecule has 18 N–H and O–H groups in total. The number of methoxy groups -OCH3 is 4. The second-order valence-corrected chi connectivity index (χ2v) is 28.5. The van der Waals surface area contributed by atoms with Gasteiger partial charge in [-0.3, -0.25) is 31.1 Å². The number of hydrogen-bond donors (Lipinski definition) is 14. The summed E-state index contributed by atoms with van der Waals surface area (Å²) in [6.45, 7) is 0. The molecule has 108 heavy (non-hydrogen) atoms. The van der Waals surface area contributed by atoms with Crippen molar-refractivity contribution in [2.45, 2.75) is 20.6 Å². The van der Waals surface area contributed by atoms with Gasteiger partial charge in [0.15, 0.2) is 23.8 Å². The van der Waals surface area contributed by atoms with Crippen molar-refractivity contribution in [3.8, 4) is 46.7 Å². The highest BCUT2D eigenvalue weighted by Gasteiger charge is 2.39. The Morgan fingerprint density at radius 2 is 0.593 bits per heavy atom. The molecule has 0 aliphatic rings. The lowest BCUT2D eigenvalue weighted by atomic mass is 9.69. The Bertz CT molecular complexity index is 5680. The number of ether oxygens (including phenoxy) is 4. The van der Waals surface area contributed by atoms with Crippen LogP contribution >= 0.6 is 0 Å². The van der Waals surface area contributed by atoms with E-state index in [1.165, 1.54) is 28.4 Å².